The van der Waals surface area contributed by atoms with Crippen LogP contribution in [0, 0.1) is 11.3 Å². The highest BCUT2D eigenvalue weighted by Gasteiger charge is 2.36. The maximum Gasteiger partial charge on any atom is 0.225 e. The van der Waals surface area contributed by atoms with Crippen LogP contribution in [0.3, 0.4) is 0 Å². The lowest BCUT2D eigenvalue weighted by molar-refractivity contribution is -0.140. The van der Waals surface area contributed by atoms with Crippen molar-refractivity contribution in [2.75, 3.05) is 32.1 Å². The number of rotatable bonds is 3. The van der Waals surface area contributed by atoms with E-state index in [1.54, 1.807) is 0 Å². The van der Waals surface area contributed by atoms with Gasteiger partial charge in [-0.1, -0.05) is 6.92 Å². The van der Waals surface area contributed by atoms with E-state index in [1.807, 2.05) is 6.92 Å². The fourth-order valence-electron chi connectivity index (χ4n) is 2.87. The summed E-state index contributed by atoms with van der Waals surface area (Å²) < 4.78 is 5.43. The lowest BCUT2D eigenvalue weighted by Crippen LogP contribution is -2.48. The second kappa shape index (κ2) is 5.61. The van der Waals surface area contributed by atoms with E-state index in [0.717, 1.165) is 57.7 Å². The predicted octanol–water partition coefficient (Wildman–Crippen LogP) is 1.97. The fourth-order valence-corrected chi connectivity index (χ4v) is 3.28. The van der Waals surface area contributed by atoms with Gasteiger partial charge in [0.05, 0.1) is 0 Å². The van der Waals surface area contributed by atoms with E-state index in [1.165, 1.54) is 0 Å². The summed E-state index contributed by atoms with van der Waals surface area (Å²) in [6, 6.07) is 0. The second-order valence-corrected chi connectivity index (χ2v) is 5.89. The van der Waals surface area contributed by atoms with E-state index in [4.69, 9.17) is 4.74 Å². The summed E-state index contributed by atoms with van der Waals surface area (Å²) in [6.07, 6.45) is 4.27. The Morgan fingerprint density at radius 2 is 2.18 bits per heavy atom. The van der Waals surface area contributed by atoms with E-state index in [-0.39, 0.29) is 11.3 Å². The van der Waals surface area contributed by atoms with Crippen molar-refractivity contribution in [1.82, 2.24) is 4.90 Å². The molecule has 98 valence electrons. The first-order valence-corrected chi connectivity index (χ1v) is 7.27. The first-order chi connectivity index (χ1) is 8.17. The summed E-state index contributed by atoms with van der Waals surface area (Å²) in [5.41, 5.74) is 0.189. The average molecular weight is 257 g/mol. The molecule has 1 unspecified atom stereocenters. The summed E-state index contributed by atoms with van der Waals surface area (Å²) in [4.78, 5) is 14.2. The highest BCUT2D eigenvalue weighted by atomic mass is 32.1. The number of ether oxygens (including phenoxy) is 1. The van der Waals surface area contributed by atoms with Gasteiger partial charge in [0.25, 0.3) is 0 Å². The summed E-state index contributed by atoms with van der Waals surface area (Å²) in [5, 5.41) is 0. The molecule has 3 nitrogen and oxygen atoms in total. The van der Waals surface area contributed by atoms with Gasteiger partial charge >= 0.3 is 0 Å². The Kier molecular flexibility index (Phi) is 4.36. The van der Waals surface area contributed by atoms with Gasteiger partial charge in [-0.15, -0.1) is 0 Å². The number of hydrogen-bond donors (Lipinski definition) is 1. The van der Waals surface area contributed by atoms with Gasteiger partial charge in [-0.05, 0) is 31.4 Å². The molecule has 0 N–H and O–H groups in total. The number of carbonyl (C=O) groups excluding carboxylic acids is 1. The first-order valence-electron chi connectivity index (χ1n) is 6.64. The molecule has 0 spiro atoms. The van der Waals surface area contributed by atoms with Crippen LogP contribution >= 0.6 is 12.6 Å². The van der Waals surface area contributed by atoms with Crippen molar-refractivity contribution in [3.8, 4) is 0 Å². The van der Waals surface area contributed by atoms with Crippen molar-refractivity contribution < 1.29 is 9.53 Å². The minimum absolute atomic E-state index is 0.189. The molecule has 0 aromatic heterocycles. The maximum absolute atomic E-state index is 12.1. The van der Waals surface area contributed by atoms with E-state index in [9.17, 15) is 4.79 Å². The van der Waals surface area contributed by atoms with Gasteiger partial charge in [0.1, 0.15) is 0 Å². The molecule has 2 aliphatic rings. The quantitative estimate of drug-likeness (QED) is 0.783. The summed E-state index contributed by atoms with van der Waals surface area (Å²) in [6.45, 7) is 5.49. The minimum Gasteiger partial charge on any atom is -0.381 e. The highest BCUT2D eigenvalue weighted by molar-refractivity contribution is 7.80. The van der Waals surface area contributed by atoms with E-state index >= 15 is 0 Å². The standard InChI is InChI=1S/C13H23NO2S/c1-11-3-2-6-14(12(11)15)9-13(10-17)4-7-16-8-5-13/h11,17H,2-10H2,1H3. The Morgan fingerprint density at radius 1 is 1.47 bits per heavy atom. The fraction of sp³-hybridized carbons (Fsp3) is 0.923. The van der Waals surface area contributed by atoms with Crippen LogP contribution in [-0.4, -0.2) is 42.9 Å². The van der Waals surface area contributed by atoms with Crippen molar-refractivity contribution in [3.05, 3.63) is 0 Å². The number of likely N-dealkylation sites (tertiary alicyclic amines) is 1. The summed E-state index contributed by atoms with van der Waals surface area (Å²) in [5.74, 6) is 1.40. The van der Waals surface area contributed by atoms with Gasteiger partial charge in [-0.3, -0.25) is 4.79 Å². The molecule has 1 amide bonds. The molecule has 0 aromatic rings. The molecule has 0 saturated carbocycles. The zero-order valence-electron chi connectivity index (χ0n) is 10.7. The van der Waals surface area contributed by atoms with Crippen LogP contribution < -0.4 is 0 Å². The molecule has 0 bridgehead atoms. The zero-order valence-corrected chi connectivity index (χ0v) is 11.5. The van der Waals surface area contributed by atoms with Gasteiger partial charge < -0.3 is 9.64 Å². The monoisotopic (exact) mass is 257 g/mol. The number of carbonyl (C=O) groups is 1. The molecule has 2 heterocycles. The number of piperidine rings is 1. The molecule has 0 aromatic carbocycles. The number of nitrogens with zero attached hydrogens (tertiary/aromatic N) is 1. The topological polar surface area (TPSA) is 29.5 Å². The van der Waals surface area contributed by atoms with Crippen LogP contribution in [0.4, 0.5) is 0 Å². The molecule has 2 saturated heterocycles. The minimum atomic E-state index is 0.189. The van der Waals surface area contributed by atoms with Crippen molar-refractivity contribution in [2.24, 2.45) is 11.3 Å². The molecule has 2 aliphatic heterocycles. The largest absolute Gasteiger partial charge is 0.381 e. The van der Waals surface area contributed by atoms with Crippen LogP contribution in [-0.2, 0) is 9.53 Å². The lowest BCUT2D eigenvalue weighted by Gasteiger charge is -2.42. The Bertz CT molecular complexity index is 277. The van der Waals surface area contributed by atoms with Crippen molar-refractivity contribution in [3.63, 3.8) is 0 Å². The molecule has 4 heteroatoms. The van der Waals surface area contributed by atoms with Gasteiger partial charge in [0, 0.05) is 37.6 Å². The van der Waals surface area contributed by atoms with Crippen LogP contribution in [0.1, 0.15) is 32.6 Å². The van der Waals surface area contributed by atoms with E-state index in [2.05, 4.69) is 17.5 Å². The Morgan fingerprint density at radius 3 is 2.82 bits per heavy atom. The van der Waals surface area contributed by atoms with Crippen molar-refractivity contribution >= 4 is 18.5 Å². The summed E-state index contributed by atoms with van der Waals surface area (Å²) in [7, 11) is 0. The molecule has 0 radical (unpaired) electrons. The van der Waals surface area contributed by atoms with Crippen LogP contribution in [0.25, 0.3) is 0 Å². The lowest BCUT2D eigenvalue weighted by atomic mass is 9.81. The Hall–Kier alpha value is -0.220. The van der Waals surface area contributed by atoms with Crippen LogP contribution in [0.15, 0.2) is 0 Å². The molecule has 2 fully saturated rings. The summed E-state index contributed by atoms with van der Waals surface area (Å²) >= 11 is 4.51. The predicted molar refractivity (Wildman–Crippen MR) is 71.3 cm³/mol. The SMILES string of the molecule is CC1CCCN(CC2(CS)CCOCC2)C1=O. The smallest absolute Gasteiger partial charge is 0.225 e. The Balaban J connectivity index is 1.99. The third kappa shape index (κ3) is 2.97. The van der Waals surface area contributed by atoms with Gasteiger partial charge in [0.15, 0.2) is 0 Å². The molecular formula is C13H23NO2S. The molecule has 17 heavy (non-hydrogen) atoms. The molecule has 1 atom stereocenters. The molecular weight excluding hydrogens is 234 g/mol. The van der Waals surface area contributed by atoms with Crippen LogP contribution in [0.2, 0.25) is 0 Å². The molecule has 0 aliphatic carbocycles. The van der Waals surface area contributed by atoms with E-state index < -0.39 is 0 Å². The van der Waals surface area contributed by atoms with Gasteiger partial charge in [-0.2, -0.15) is 12.6 Å². The third-order valence-electron chi connectivity index (χ3n) is 4.21. The zero-order chi connectivity index (χ0) is 12.3. The van der Waals surface area contributed by atoms with Crippen molar-refractivity contribution in [2.45, 2.75) is 32.6 Å². The van der Waals surface area contributed by atoms with Crippen LogP contribution in [0.5, 0.6) is 0 Å². The number of hydrogen-bond acceptors (Lipinski definition) is 3. The van der Waals surface area contributed by atoms with Gasteiger partial charge in [-0.25, -0.2) is 0 Å². The maximum atomic E-state index is 12.1. The molecule has 2 rings (SSSR count). The first kappa shape index (κ1) is 13.2. The normalized spacial score (nSPS) is 29.4. The number of thiol groups is 1. The van der Waals surface area contributed by atoms with Crippen molar-refractivity contribution in [1.29, 1.82) is 0 Å². The number of amides is 1. The highest BCUT2D eigenvalue weighted by Crippen LogP contribution is 2.34. The third-order valence-corrected chi connectivity index (χ3v) is 4.88. The second-order valence-electron chi connectivity index (χ2n) is 5.57. The van der Waals surface area contributed by atoms with E-state index in [0.29, 0.717) is 5.91 Å². The Labute approximate surface area is 109 Å². The van der Waals surface area contributed by atoms with Gasteiger partial charge in [0.2, 0.25) is 5.91 Å². The average Bonchev–Trinajstić information content (AvgIpc) is 2.36.